The van der Waals surface area contributed by atoms with Crippen molar-refractivity contribution < 1.29 is 25.9 Å². The molecule has 0 fully saturated rings. The molecule has 25 heavy (non-hydrogen) atoms. The van der Waals surface area contributed by atoms with Crippen LogP contribution in [0.25, 0.3) is 0 Å². The molecule has 0 unspecified atom stereocenters. The number of hydrogen-bond acceptors (Lipinski definition) is 6. The zero-order valence-electron chi connectivity index (χ0n) is 14.4. The van der Waals surface area contributed by atoms with Crippen molar-refractivity contribution in [2.75, 3.05) is 0 Å². The molecule has 0 amide bonds. The molecular formula is C16H18MgO6S2. The van der Waals surface area contributed by atoms with Crippen LogP contribution in [-0.2, 0) is 20.2 Å². The van der Waals surface area contributed by atoms with Gasteiger partial charge in [-0.05, 0) is 74.2 Å². The molecule has 0 bridgehead atoms. The Balaban J connectivity index is 0.000000443. The van der Waals surface area contributed by atoms with E-state index in [1.165, 1.54) is 24.3 Å². The van der Waals surface area contributed by atoms with Crippen molar-refractivity contribution in [2.45, 2.75) is 37.5 Å². The number of aryl methyl sites for hydroxylation is 4. The summed E-state index contributed by atoms with van der Waals surface area (Å²) in [4.78, 5) is -0.323. The molecule has 0 saturated carbocycles. The fourth-order valence-corrected chi connectivity index (χ4v) is 2.85. The first-order valence-corrected chi connectivity index (χ1v) is 9.70. The molecule has 0 N–H and O–H groups in total. The second-order valence-electron chi connectivity index (χ2n) is 5.40. The average Bonchev–Trinajstić information content (AvgIpc) is 2.43. The van der Waals surface area contributed by atoms with Crippen molar-refractivity contribution in [1.29, 1.82) is 0 Å². The fourth-order valence-electron chi connectivity index (χ4n) is 1.74. The Labute approximate surface area is 164 Å². The van der Waals surface area contributed by atoms with Crippen LogP contribution in [0.5, 0.6) is 0 Å². The van der Waals surface area contributed by atoms with Crippen LogP contribution in [0.15, 0.2) is 46.2 Å². The first-order chi connectivity index (χ1) is 10.8. The van der Waals surface area contributed by atoms with E-state index in [0.29, 0.717) is 0 Å². The smallest absolute Gasteiger partial charge is 0.744 e. The zero-order chi connectivity index (χ0) is 18.7. The maximum Gasteiger partial charge on any atom is 2.00 e. The molecule has 0 aromatic heterocycles. The molecule has 0 radical (unpaired) electrons. The summed E-state index contributed by atoms with van der Waals surface area (Å²) in [6.07, 6.45) is 0. The Hall–Kier alpha value is -0.974. The third-order valence-electron chi connectivity index (χ3n) is 3.53. The molecule has 0 aliphatic rings. The second kappa shape index (κ2) is 9.11. The van der Waals surface area contributed by atoms with Crippen molar-refractivity contribution in [3.05, 3.63) is 58.7 Å². The quantitative estimate of drug-likeness (QED) is 0.568. The van der Waals surface area contributed by atoms with Crippen LogP contribution >= 0.6 is 0 Å². The topological polar surface area (TPSA) is 114 Å². The molecule has 9 heteroatoms. The number of rotatable bonds is 2. The van der Waals surface area contributed by atoms with Gasteiger partial charge in [0.05, 0.1) is 9.79 Å². The molecule has 6 nitrogen and oxygen atoms in total. The Kier molecular flexibility index (Phi) is 8.75. The van der Waals surface area contributed by atoms with Gasteiger partial charge in [-0.1, -0.05) is 12.1 Å². The molecule has 0 spiro atoms. The van der Waals surface area contributed by atoms with Crippen LogP contribution in [0, 0.1) is 27.7 Å². The van der Waals surface area contributed by atoms with Gasteiger partial charge < -0.3 is 9.11 Å². The largest absolute Gasteiger partial charge is 2.00 e. The third-order valence-corrected chi connectivity index (χ3v) is 5.20. The van der Waals surface area contributed by atoms with Gasteiger partial charge in [-0.25, -0.2) is 16.8 Å². The summed E-state index contributed by atoms with van der Waals surface area (Å²) >= 11 is 0. The molecule has 0 saturated heterocycles. The number of hydrogen-bond donors (Lipinski definition) is 0. The van der Waals surface area contributed by atoms with Gasteiger partial charge in [-0.2, -0.15) is 0 Å². The monoisotopic (exact) mass is 394 g/mol. The molecule has 2 aromatic rings. The minimum absolute atomic E-state index is 0. The van der Waals surface area contributed by atoms with E-state index in [1.807, 2.05) is 13.8 Å². The summed E-state index contributed by atoms with van der Waals surface area (Å²) in [6, 6.07) is 8.67. The summed E-state index contributed by atoms with van der Waals surface area (Å²) in [6.45, 7) is 7.25. The van der Waals surface area contributed by atoms with Gasteiger partial charge >= 0.3 is 23.1 Å². The van der Waals surface area contributed by atoms with Gasteiger partial charge in [0.2, 0.25) is 0 Å². The van der Waals surface area contributed by atoms with Crippen LogP contribution in [0.4, 0.5) is 0 Å². The predicted molar refractivity (Wildman–Crippen MR) is 93.5 cm³/mol. The Morgan fingerprint density at radius 3 is 1.08 bits per heavy atom. The van der Waals surface area contributed by atoms with Gasteiger partial charge in [-0.15, -0.1) is 0 Å². The normalized spacial score (nSPS) is 11.1. The first kappa shape index (κ1) is 24.0. The maximum atomic E-state index is 10.5. The molecular weight excluding hydrogens is 377 g/mol. The van der Waals surface area contributed by atoms with Crippen molar-refractivity contribution >= 4 is 43.3 Å². The minimum Gasteiger partial charge on any atom is -0.744 e. The SMILES string of the molecule is Cc1ccc(S(=O)(=O)[O-])cc1C.Cc1ccc(S(=O)(=O)[O-])cc1C.[Mg+2]. The Morgan fingerprint density at radius 2 is 0.880 bits per heavy atom. The van der Waals surface area contributed by atoms with E-state index in [-0.39, 0.29) is 32.8 Å². The van der Waals surface area contributed by atoms with Gasteiger partial charge in [0.25, 0.3) is 0 Å². The molecule has 132 valence electrons. The van der Waals surface area contributed by atoms with Gasteiger partial charge in [0.15, 0.2) is 0 Å². The standard InChI is InChI=1S/2C8H10O3S.Mg/c2*1-6-3-4-8(5-7(6)2)12(9,10)11;/h2*3-5H,1-2H3,(H,9,10,11);/q;;+2/p-2. The second-order valence-corrected chi connectivity index (χ2v) is 8.16. The van der Waals surface area contributed by atoms with E-state index in [9.17, 15) is 25.9 Å². The van der Waals surface area contributed by atoms with Crippen LogP contribution in [-0.4, -0.2) is 49.0 Å². The van der Waals surface area contributed by atoms with Gasteiger partial charge in [0, 0.05) is 0 Å². The maximum absolute atomic E-state index is 10.5. The zero-order valence-corrected chi connectivity index (χ0v) is 17.5. The summed E-state index contributed by atoms with van der Waals surface area (Å²) in [7, 11) is -8.58. The van der Waals surface area contributed by atoms with Crippen molar-refractivity contribution in [3.63, 3.8) is 0 Å². The van der Waals surface area contributed by atoms with Crippen molar-refractivity contribution in [3.8, 4) is 0 Å². The van der Waals surface area contributed by atoms with Gasteiger partial charge in [0.1, 0.15) is 20.2 Å². The van der Waals surface area contributed by atoms with E-state index in [2.05, 4.69) is 0 Å². The van der Waals surface area contributed by atoms with Crippen molar-refractivity contribution in [2.24, 2.45) is 0 Å². The fraction of sp³-hybridized carbons (Fsp3) is 0.250. The Morgan fingerprint density at radius 1 is 0.600 bits per heavy atom. The number of benzene rings is 2. The van der Waals surface area contributed by atoms with E-state index < -0.39 is 20.2 Å². The van der Waals surface area contributed by atoms with E-state index in [1.54, 1.807) is 26.0 Å². The molecule has 0 atom stereocenters. The average molecular weight is 395 g/mol. The van der Waals surface area contributed by atoms with Crippen molar-refractivity contribution in [1.82, 2.24) is 0 Å². The van der Waals surface area contributed by atoms with Gasteiger partial charge in [-0.3, -0.25) is 0 Å². The summed E-state index contributed by atoms with van der Waals surface area (Å²) in [5.41, 5.74) is 3.57. The summed E-state index contributed by atoms with van der Waals surface area (Å²) in [5, 5.41) is 0. The van der Waals surface area contributed by atoms with Crippen LogP contribution < -0.4 is 0 Å². The molecule has 0 aliphatic carbocycles. The predicted octanol–water partition coefficient (Wildman–Crippen LogP) is 2.03. The Bertz CT molecular complexity index is 871. The van der Waals surface area contributed by atoms with E-state index >= 15 is 0 Å². The van der Waals surface area contributed by atoms with Crippen LogP contribution in [0.1, 0.15) is 22.3 Å². The molecule has 2 rings (SSSR count). The third kappa shape index (κ3) is 7.43. The van der Waals surface area contributed by atoms with E-state index in [0.717, 1.165) is 22.3 Å². The van der Waals surface area contributed by atoms with Crippen LogP contribution in [0.2, 0.25) is 0 Å². The van der Waals surface area contributed by atoms with E-state index in [4.69, 9.17) is 0 Å². The minimum atomic E-state index is -4.29. The summed E-state index contributed by atoms with van der Waals surface area (Å²) in [5.74, 6) is 0. The summed E-state index contributed by atoms with van der Waals surface area (Å²) < 4.78 is 63.2. The molecule has 2 aromatic carbocycles. The molecule has 0 heterocycles. The first-order valence-electron chi connectivity index (χ1n) is 6.88. The molecule has 0 aliphatic heterocycles. The van der Waals surface area contributed by atoms with Crippen LogP contribution in [0.3, 0.4) is 0 Å².